The Bertz CT molecular complexity index is 665. The molecule has 6 nitrogen and oxygen atoms in total. The van der Waals surface area contributed by atoms with Crippen LogP contribution in [0.2, 0.25) is 0 Å². The van der Waals surface area contributed by atoms with Gasteiger partial charge in [0.05, 0.1) is 26.2 Å². The van der Waals surface area contributed by atoms with Crippen molar-refractivity contribution in [3.63, 3.8) is 0 Å². The van der Waals surface area contributed by atoms with Gasteiger partial charge < -0.3 is 18.9 Å². The number of thiocarbonyl (C=S) groups is 1. The molecule has 1 fully saturated rings. The van der Waals surface area contributed by atoms with Gasteiger partial charge in [-0.15, -0.1) is 0 Å². The highest BCUT2D eigenvalue weighted by Crippen LogP contribution is 2.40. The van der Waals surface area contributed by atoms with Crippen LogP contribution in [-0.2, 0) is 9.53 Å². The molecule has 136 valence electrons. The molecular weight excluding hydrogens is 362 g/mol. The zero-order valence-corrected chi connectivity index (χ0v) is 16.3. The number of carbonyl (C=O) groups is 1. The number of thioether (sulfide) groups is 1. The van der Waals surface area contributed by atoms with Crippen LogP contribution in [0.5, 0.6) is 17.2 Å². The number of ether oxygens (including phenoxy) is 4. The van der Waals surface area contributed by atoms with Gasteiger partial charge in [-0.05, 0) is 30.2 Å². The maximum absolute atomic E-state index is 12.6. The molecule has 1 aliphatic rings. The average Bonchev–Trinajstić information content (AvgIpc) is 2.88. The predicted octanol–water partition coefficient (Wildman–Crippen LogP) is 2.95. The summed E-state index contributed by atoms with van der Waals surface area (Å²) >= 11 is 6.60. The van der Waals surface area contributed by atoms with Gasteiger partial charge >= 0.3 is 0 Å². The number of rotatable bonds is 8. The summed E-state index contributed by atoms with van der Waals surface area (Å²) in [5, 5.41) is 0. The zero-order chi connectivity index (χ0) is 18.4. The summed E-state index contributed by atoms with van der Waals surface area (Å²) in [4.78, 5) is 14.7. The van der Waals surface area contributed by atoms with Crippen molar-refractivity contribution in [3.8, 4) is 17.2 Å². The summed E-state index contributed by atoms with van der Waals surface area (Å²) in [6, 6.07) is 3.58. The molecule has 0 atom stereocenters. The first-order valence-corrected chi connectivity index (χ1v) is 8.82. The lowest BCUT2D eigenvalue weighted by Gasteiger charge is -2.14. The van der Waals surface area contributed by atoms with E-state index in [1.165, 1.54) is 11.8 Å². The number of benzene rings is 1. The van der Waals surface area contributed by atoms with E-state index in [1.54, 1.807) is 51.5 Å². The topological polar surface area (TPSA) is 57.2 Å². The second-order valence-corrected chi connectivity index (χ2v) is 6.81. The minimum Gasteiger partial charge on any atom is -0.493 e. The van der Waals surface area contributed by atoms with Crippen LogP contribution >= 0.6 is 24.0 Å². The van der Waals surface area contributed by atoms with E-state index in [0.717, 1.165) is 12.0 Å². The summed E-state index contributed by atoms with van der Waals surface area (Å²) in [7, 11) is 6.28. The van der Waals surface area contributed by atoms with Crippen molar-refractivity contribution >= 4 is 40.3 Å². The van der Waals surface area contributed by atoms with Crippen molar-refractivity contribution in [1.29, 1.82) is 0 Å². The van der Waals surface area contributed by atoms with E-state index in [4.69, 9.17) is 31.2 Å². The van der Waals surface area contributed by atoms with Crippen molar-refractivity contribution in [2.45, 2.75) is 6.42 Å². The second-order valence-electron chi connectivity index (χ2n) is 5.14. The normalized spacial score (nSPS) is 15.8. The van der Waals surface area contributed by atoms with Crippen LogP contribution in [0, 0.1) is 0 Å². The molecule has 8 heteroatoms. The van der Waals surface area contributed by atoms with Crippen molar-refractivity contribution < 1.29 is 23.7 Å². The van der Waals surface area contributed by atoms with Gasteiger partial charge in [0.1, 0.15) is 4.32 Å². The van der Waals surface area contributed by atoms with Crippen molar-refractivity contribution in [1.82, 2.24) is 4.90 Å². The molecule has 0 saturated carbocycles. The Morgan fingerprint density at radius 3 is 2.28 bits per heavy atom. The highest BCUT2D eigenvalue weighted by molar-refractivity contribution is 8.26. The lowest BCUT2D eigenvalue weighted by Crippen LogP contribution is -2.29. The standard InChI is InChI=1S/C17H21NO5S2/c1-20-7-5-6-18-16(19)14(25-17(18)24)10-11-8-12(21-2)15(23-4)13(9-11)22-3/h8-10H,5-7H2,1-4H3. The third kappa shape index (κ3) is 4.45. The molecule has 0 aliphatic carbocycles. The van der Waals surface area contributed by atoms with E-state index in [9.17, 15) is 4.79 Å². The smallest absolute Gasteiger partial charge is 0.266 e. The van der Waals surface area contributed by atoms with E-state index < -0.39 is 0 Å². The van der Waals surface area contributed by atoms with E-state index in [1.807, 2.05) is 0 Å². The second kappa shape index (κ2) is 9.07. The summed E-state index contributed by atoms with van der Waals surface area (Å²) in [6.07, 6.45) is 2.51. The Hall–Kier alpha value is -1.77. The molecule has 1 aromatic carbocycles. The van der Waals surface area contributed by atoms with Gasteiger partial charge in [-0.3, -0.25) is 9.69 Å². The van der Waals surface area contributed by atoms with Gasteiger partial charge in [0, 0.05) is 20.3 Å². The monoisotopic (exact) mass is 383 g/mol. The van der Waals surface area contributed by atoms with E-state index in [0.29, 0.717) is 39.6 Å². The minimum atomic E-state index is -0.0974. The van der Waals surface area contributed by atoms with Crippen LogP contribution < -0.4 is 14.2 Å². The summed E-state index contributed by atoms with van der Waals surface area (Å²) in [5.74, 6) is 1.47. The van der Waals surface area contributed by atoms with Gasteiger partial charge in [-0.1, -0.05) is 24.0 Å². The molecule has 0 bridgehead atoms. The predicted molar refractivity (Wildman–Crippen MR) is 102 cm³/mol. The number of hydrogen-bond acceptors (Lipinski definition) is 7. The van der Waals surface area contributed by atoms with Crippen molar-refractivity contribution in [2.75, 3.05) is 41.6 Å². The molecule has 1 amide bonds. The summed E-state index contributed by atoms with van der Waals surface area (Å²) < 4.78 is 21.6. The maximum Gasteiger partial charge on any atom is 0.266 e. The van der Waals surface area contributed by atoms with Crippen LogP contribution in [0.3, 0.4) is 0 Å². The molecule has 1 aliphatic heterocycles. The van der Waals surface area contributed by atoms with Crippen LogP contribution in [0.4, 0.5) is 0 Å². The minimum absolute atomic E-state index is 0.0974. The molecule has 2 rings (SSSR count). The molecule has 0 spiro atoms. The van der Waals surface area contributed by atoms with Crippen molar-refractivity contribution in [3.05, 3.63) is 22.6 Å². The first kappa shape index (κ1) is 19.6. The number of carbonyl (C=O) groups excluding carboxylic acids is 1. The Morgan fingerprint density at radius 2 is 1.76 bits per heavy atom. The van der Waals surface area contributed by atoms with Crippen LogP contribution in [0.1, 0.15) is 12.0 Å². The number of amides is 1. The third-order valence-electron chi connectivity index (χ3n) is 3.59. The largest absolute Gasteiger partial charge is 0.493 e. The lowest BCUT2D eigenvalue weighted by molar-refractivity contribution is -0.122. The van der Waals surface area contributed by atoms with Gasteiger partial charge in [0.15, 0.2) is 11.5 Å². The third-order valence-corrected chi connectivity index (χ3v) is 4.97. The van der Waals surface area contributed by atoms with Gasteiger partial charge in [-0.25, -0.2) is 0 Å². The van der Waals surface area contributed by atoms with Crippen molar-refractivity contribution in [2.24, 2.45) is 0 Å². The van der Waals surface area contributed by atoms with Crippen LogP contribution in [0.15, 0.2) is 17.0 Å². The van der Waals surface area contributed by atoms with Gasteiger partial charge in [0.2, 0.25) is 5.75 Å². The molecule has 1 saturated heterocycles. The number of nitrogens with zero attached hydrogens (tertiary/aromatic N) is 1. The Kier molecular flexibility index (Phi) is 7.10. The molecule has 0 unspecified atom stereocenters. The Morgan fingerprint density at radius 1 is 1.12 bits per heavy atom. The first-order chi connectivity index (χ1) is 12.0. The SMILES string of the molecule is COCCCN1C(=O)C(=Cc2cc(OC)c(OC)c(OC)c2)SC1=S. The highest BCUT2D eigenvalue weighted by Gasteiger charge is 2.31. The molecule has 25 heavy (non-hydrogen) atoms. The molecule has 0 radical (unpaired) electrons. The fourth-order valence-electron chi connectivity index (χ4n) is 2.40. The molecule has 1 aromatic rings. The molecule has 0 aromatic heterocycles. The fourth-order valence-corrected chi connectivity index (χ4v) is 3.70. The van der Waals surface area contributed by atoms with Gasteiger partial charge in [0.25, 0.3) is 5.91 Å². The first-order valence-electron chi connectivity index (χ1n) is 7.60. The van der Waals surface area contributed by atoms with E-state index in [-0.39, 0.29) is 5.91 Å². The Labute approximate surface area is 157 Å². The quantitative estimate of drug-likeness (QED) is 0.389. The Balaban J connectivity index is 2.28. The maximum atomic E-state index is 12.6. The average molecular weight is 383 g/mol. The van der Waals surface area contributed by atoms with Crippen LogP contribution in [-0.4, -0.2) is 56.7 Å². The molecular formula is C17H21NO5S2. The van der Waals surface area contributed by atoms with E-state index >= 15 is 0 Å². The molecule has 1 heterocycles. The molecule has 0 N–H and O–H groups in total. The number of hydrogen-bond donors (Lipinski definition) is 0. The lowest BCUT2D eigenvalue weighted by atomic mass is 10.1. The van der Waals surface area contributed by atoms with Crippen LogP contribution in [0.25, 0.3) is 6.08 Å². The number of methoxy groups -OCH3 is 4. The zero-order valence-electron chi connectivity index (χ0n) is 14.7. The summed E-state index contributed by atoms with van der Waals surface area (Å²) in [5.41, 5.74) is 0.770. The highest BCUT2D eigenvalue weighted by atomic mass is 32.2. The van der Waals surface area contributed by atoms with E-state index in [2.05, 4.69) is 0 Å². The fraction of sp³-hybridized carbons (Fsp3) is 0.412. The summed E-state index contributed by atoms with van der Waals surface area (Å²) in [6.45, 7) is 1.13. The van der Waals surface area contributed by atoms with Gasteiger partial charge in [-0.2, -0.15) is 0 Å².